The van der Waals surface area contributed by atoms with E-state index >= 15 is 0 Å². The summed E-state index contributed by atoms with van der Waals surface area (Å²) in [5.41, 5.74) is 3.17. The summed E-state index contributed by atoms with van der Waals surface area (Å²) >= 11 is 0. The van der Waals surface area contributed by atoms with E-state index < -0.39 is 16.1 Å². The number of carbonyl (C=O) groups is 1. The molecule has 3 rings (SSSR count). The second-order valence-electron chi connectivity index (χ2n) is 7.18. The van der Waals surface area contributed by atoms with Crippen LogP contribution < -0.4 is 14.4 Å². The average molecular weight is 403 g/mol. The van der Waals surface area contributed by atoms with Crippen molar-refractivity contribution in [3.63, 3.8) is 0 Å². The highest BCUT2D eigenvalue weighted by molar-refractivity contribution is 7.89. The fraction of sp³-hybridized carbons (Fsp3) is 0.381. The lowest BCUT2D eigenvalue weighted by Gasteiger charge is -2.19. The summed E-state index contributed by atoms with van der Waals surface area (Å²) in [6, 6.07) is 10.5. The lowest BCUT2D eigenvalue weighted by atomic mass is 10.1. The molecule has 1 amide bonds. The monoisotopic (exact) mass is 402 g/mol. The fourth-order valence-electron chi connectivity index (χ4n) is 3.79. The van der Waals surface area contributed by atoms with Crippen molar-refractivity contribution in [2.24, 2.45) is 0 Å². The number of nitrogens with zero attached hydrogens (tertiary/aromatic N) is 1. The van der Waals surface area contributed by atoms with E-state index in [9.17, 15) is 13.2 Å². The molecular weight excluding hydrogens is 376 g/mol. The maximum Gasteiger partial charge on any atom is 0.241 e. The Balaban J connectivity index is 1.77. The normalized spacial score (nSPS) is 17.2. The molecule has 28 heavy (non-hydrogen) atoms. The maximum absolute atomic E-state index is 13.0. The van der Waals surface area contributed by atoms with Gasteiger partial charge in [0.25, 0.3) is 0 Å². The van der Waals surface area contributed by atoms with E-state index in [1.54, 1.807) is 18.7 Å². The van der Waals surface area contributed by atoms with E-state index in [0.717, 1.165) is 17.0 Å². The van der Waals surface area contributed by atoms with Crippen molar-refractivity contribution in [2.75, 3.05) is 18.1 Å². The van der Waals surface area contributed by atoms with Gasteiger partial charge in [-0.25, -0.2) is 13.1 Å². The maximum atomic E-state index is 13.0. The zero-order chi connectivity index (χ0) is 20.5. The molecule has 2 aromatic rings. The molecule has 0 bridgehead atoms. The second-order valence-corrected chi connectivity index (χ2v) is 8.83. The molecule has 0 aromatic heterocycles. The van der Waals surface area contributed by atoms with Crippen molar-refractivity contribution in [1.29, 1.82) is 0 Å². The van der Waals surface area contributed by atoms with Crippen molar-refractivity contribution in [2.45, 2.75) is 45.1 Å². The van der Waals surface area contributed by atoms with E-state index in [2.05, 4.69) is 4.72 Å². The predicted octanol–water partition coefficient (Wildman–Crippen LogP) is 3.09. The number of rotatable bonds is 6. The molecule has 0 spiro atoms. The summed E-state index contributed by atoms with van der Waals surface area (Å²) in [6.07, 6.45) is 0.135. The average Bonchev–Trinajstić information content (AvgIpc) is 2.94. The molecular formula is C21H26N2O4S. The van der Waals surface area contributed by atoms with Crippen LogP contribution in [0.25, 0.3) is 0 Å². The SMILES string of the molecule is CCOc1ccc(N2C[C@@H](NS(=O)(=O)c3c(C)cc(C)cc3C)CC2=O)cc1. The Hall–Kier alpha value is -2.38. The summed E-state index contributed by atoms with van der Waals surface area (Å²) in [6.45, 7) is 8.31. The van der Waals surface area contributed by atoms with E-state index in [0.29, 0.717) is 29.2 Å². The van der Waals surface area contributed by atoms with Crippen LogP contribution in [0.4, 0.5) is 5.69 Å². The molecule has 150 valence electrons. The van der Waals surface area contributed by atoms with Crippen molar-refractivity contribution >= 4 is 21.6 Å². The van der Waals surface area contributed by atoms with E-state index in [1.807, 2.05) is 50.2 Å². The lowest BCUT2D eigenvalue weighted by Crippen LogP contribution is -2.37. The van der Waals surface area contributed by atoms with Gasteiger partial charge in [-0.2, -0.15) is 0 Å². The first-order chi connectivity index (χ1) is 13.2. The fourth-order valence-corrected chi connectivity index (χ4v) is 5.47. The summed E-state index contributed by atoms with van der Waals surface area (Å²) < 4.78 is 34.0. The zero-order valence-corrected chi connectivity index (χ0v) is 17.5. The molecule has 6 nitrogen and oxygen atoms in total. The molecule has 1 atom stereocenters. The third kappa shape index (κ3) is 4.20. The third-order valence-corrected chi connectivity index (χ3v) is 6.60. The van der Waals surface area contributed by atoms with Gasteiger partial charge in [0.05, 0.1) is 11.5 Å². The Kier molecular flexibility index (Phi) is 5.76. The first-order valence-corrected chi connectivity index (χ1v) is 10.8. The highest BCUT2D eigenvalue weighted by Crippen LogP contribution is 2.26. The Morgan fingerprint density at radius 1 is 1.11 bits per heavy atom. The van der Waals surface area contributed by atoms with Crippen molar-refractivity contribution in [1.82, 2.24) is 4.72 Å². The molecule has 1 fully saturated rings. The van der Waals surface area contributed by atoms with E-state index in [-0.39, 0.29) is 12.3 Å². The summed E-state index contributed by atoms with van der Waals surface area (Å²) in [7, 11) is -3.71. The van der Waals surface area contributed by atoms with E-state index in [1.165, 1.54) is 0 Å². The van der Waals surface area contributed by atoms with Crippen LogP contribution in [0.1, 0.15) is 30.0 Å². The minimum absolute atomic E-state index is 0.103. The number of amides is 1. The van der Waals surface area contributed by atoms with Gasteiger partial charge in [-0.1, -0.05) is 17.7 Å². The van der Waals surface area contributed by atoms with Crippen LogP contribution in [-0.2, 0) is 14.8 Å². The van der Waals surface area contributed by atoms with Crippen LogP contribution in [0.2, 0.25) is 0 Å². The molecule has 1 heterocycles. The number of aryl methyl sites for hydroxylation is 3. The minimum atomic E-state index is -3.71. The molecule has 7 heteroatoms. The summed E-state index contributed by atoms with van der Waals surface area (Å²) in [5, 5.41) is 0. The second kappa shape index (κ2) is 7.93. The molecule has 0 radical (unpaired) electrons. The molecule has 1 N–H and O–H groups in total. The molecule has 2 aromatic carbocycles. The summed E-state index contributed by atoms with van der Waals surface area (Å²) in [4.78, 5) is 14.4. The first kappa shape index (κ1) is 20.4. The van der Waals surface area contributed by atoms with Crippen LogP contribution >= 0.6 is 0 Å². The number of ether oxygens (including phenoxy) is 1. The van der Waals surface area contributed by atoms with Crippen molar-refractivity contribution in [3.05, 3.63) is 53.1 Å². The zero-order valence-electron chi connectivity index (χ0n) is 16.7. The van der Waals surface area contributed by atoms with Gasteiger partial charge in [-0.05, 0) is 63.1 Å². The molecule has 0 saturated carbocycles. The number of hydrogen-bond donors (Lipinski definition) is 1. The van der Waals surface area contributed by atoms with E-state index in [4.69, 9.17) is 4.74 Å². The van der Waals surface area contributed by atoms with Gasteiger partial charge in [0.15, 0.2) is 0 Å². The van der Waals surface area contributed by atoms with Gasteiger partial charge in [0, 0.05) is 24.7 Å². The van der Waals surface area contributed by atoms with Crippen molar-refractivity contribution < 1.29 is 17.9 Å². The number of sulfonamides is 1. The summed E-state index contributed by atoms with van der Waals surface area (Å²) in [5.74, 6) is 0.634. The molecule has 1 saturated heterocycles. The van der Waals surface area contributed by atoms with Gasteiger partial charge in [0.1, 0.15) is 5.75 Å². The predicted molar refractivity (Wildman–Crippen MR) is 109 cm³/mol. The smallest absolute Gasteiger partial charge is 0.241 e. The Labute approximate surface area is 166 Å². The number of anilines is 1. The van der Waals surface area contributed by atoms with Gasteiger partial charge in [-0.15, -0.1) is 0 Å². The number of nitrogens with one attached hydrogen (secondary N) is 1. The highest BCUT2D eigenvalue weighted by atomic mass is 32.2. The molecule has 1 aliphatic rings. The Bertz CT molecular complexity index is 961. The van der Waals surface area contributed by atoms with Gasteiger partial charge < -0.3 is 9.64 Å². The lowest BCUT2D eigenvalue weighted by molar-refractivity contribution is -0.117. The van der Waals surface area contributed by atoms with Crippen LogP contribution in [0.5, 0.6) is 5.75 Å². The van der Waals surface area contributed by atoms with Gasteiger partial charge in [0.2, 0.25) is 15.9 Å². The van der Waals surface area contributed by atoms with Crippen LogP contribution in [0, 0.1) is 20.8 Å². The third-order valence-electron chi connectivity index (χ3n) is 4.78. The van der Waals surface area contributed by atoms with Gasteiger partial charge >= 0.3 is 0 Å². The standard InChI is InChI=1S/C21H26N2O4S/c1-5-27-19-8-6-18(7-9-19)23-13-17(12-20(23)24)22-28(25,26)21-15(3)10-14(2)11-16(21)4/h6-11,17,22H,5,12-13H2,1-4H3/t17-/m0/s1. The highest BCUT2D eigenvalue weighted by Gasteiger charge is 2.34. The minimum Gasteiger partial charge on any atom is -0.494 e. The first-order valence-electron chi connectivity index (χ1n) is 9.34. The molecule has 0 unspecified atom stereocenters. The van der Waals surface area contributed by atoms with Crippen molar-refractivity contribution in [3.8, 4) is 5.75 Å². The quantitative estimate of drug-likeness (QED) is 0.806. The van der Waals surface area contributed by atoms with Crippen LogP contribution in [-0.4, -0.2) is 33.5 Å². The topological polar surface area (TPSA) is 75.7 Å². The van der Waals surface area contributed by atoms with Gasteiger partial charge in [-0.3, -0.25) is 4.79 Å². The Morgan fingerprint density at radius 3 is 2.29 bits per heavy atom. The molecule has 0 aliphatic carbocycles. The van der Waals surface area contributed by atoms with Crippen LogP contribution in [0.15, 0.2) is 41.3 Å². The number of benzene rings is 2. The largest absolute Gasteiger partial charge is 0.494 e. The number of carbonyl (C=O) groups excluding carboxylic acids is 1. The van der Waals surface area contributed by atoms with Crippen LogP contribution in [0.3, 0.4) is 0 Å². The number of hydrogen-bond acceptors (Lipinski definition) is 4. The molecule has 1 aliphatic heterocycles. The Morgan fingerprint density at radius 2 is 1.71 bits per heavy atom.